The number of aryl methyl sites for hydroxylation is 2. The van der Waals surface area contributed by atoms with Gasteiger partial charge in [0.15, 0.2) is 0 Å². The molecule has 0 radical (unpaired) electrons. The number of aromatic nitrogens is 2. The molecule has 3 aromatic rings. The maximum Gasteiger partial charge on any atom is 0.254 e. The van der Waals surface area contributed by atoms with Crippen LogP contribution < -0.4 is 10.1 Å². The van der Waals surface area contributed by atoms with Gasteiger partial charge in [0, 0.05) is 22.5 Å². The maximum absolute atomic E-state index is 12.5. The number of halogens is 1. The van der Waals surface area contributed by atoms with Crippen LogP contribution in [0.4, 0.5) is 0 Å². The topological polar surface area (TPSA) is 77.2 Å². The van der Waals surface area contributed by atoms with E-state index < -0.39 is 0 Å². The molecular weight excluding hydrogens is 398 g/mol. The Balaban J connectivity index is 1.54. The van der Waals surface area contributed by atoms with Crippen LogP contribution in [0.15, 0.2) is 52.1 Å². The Hall–Kier alpha value is -2.51. The van der Waals surface area contributed by atoms with Crippen molar-refractivity contribution in [3.8, 4) is 5.75 Å². The molecule has 0 bridgehead atoms. The van der Waals surface area contributed by atoms with Crippen LogP contribution in [0.5, 0.6) is 5.75 Å². The highest BCUT2D eigenvalue weighted by molar-refractivity contribution is 7.98. The van der Waals surface area contributed by atoms with E-state index in [0.29, 0.717) is 40.3 Å². The van der Waals surface area contributed by atoms with Gasteiger partial charge in [0.2, 0.25) is 0 Å². The maximum atomic E-state index is 12.5. The Kier molecular flexibility index (Phi) is 6.95. The molecule has 1 aromatic carbocycles. The average Bonchev–Trinajstić information content (AvgIpc) is 3.02. The zero-order valence-electron chi connectivity index (χ0n) is 15.6. The van der Waals surface area contributed by atoms with Crippen molar-refractivity contribution in [3.05, 3.63) is 70.2 Å². The number of thioether (sulfide) groups is 1. The van der Waals surface area contributed by atoms with E-state index in [-0.39, 0.29) is 5.91 Å². The van der Waals surface area contributed by atoms with E-state index in [1.165, 1.54) is 11.8 Å². The summed E-state index contributed by atoms with van der Waals surface area (Å²) in [5.74, 6) is 1.94. The van der Waals surface area contributed by atoms with Gasteiger partial charge < -0.3 is 14.6 Å². The minimum absolute atomic E-state index is 0.186. The number of rotatable bonds is 8. The number of hydrogen-bond acceptors (Lipinski definition) is 6. The van der Waals surface area contributed by atoms with Crippen LogP contribution in [0, 0.1) is 13.8 Å². The lowest BCUT2D eigenvalue weighted by Crippen LogP contribution is -2.28. The fourth-order valence-electron chi connectivity index (χ4n) is 2.49. The molecule has 28 heavy (non-hydrogen) atoms. The largest absolute Gasteiger partial charge is 0.492 e. The Morgan fingerprint density at radius 3 is 2.75 bits per heavy atom. The lowest BCUT2D eigenvalue weighted by Gasteiger charge is -2.10. The number of benzene rings is 1. The fourth-order valence-corrected chi connectivity index (χ4v) is 3.76. The molecule has 2 heterocycles. The van der Waals surface area contributed by atoms with Crippen molar-refractivity contribution >= 4 is 29.3 Å². The minimum Gasteiger partial charge on any atom is -0.492 e. The van der Waals surface area contributed by atoms with Crippen molar-refractivity contribution in [2.45, 2.75) is 24.6 Å². The Labute approximate surface area is 172 Å². The summed E-state index contributed by atoms with van der Waals surface area (Å²) in [6, 6.07) is 10.6. The van der Waals surface area contributed by atoms with Crippen LogP contribution in [0.25, 0.3) is 0 Å². The number of amides is 1. The summed E-state index contributed by atoms with van der Waals surface area (Å²) in [5, 5.41) is 8.14. The molecule has 1 N–H and O–H groups in total. The molecule has 0 aliphatic heterocycles. The van der Waals surface area contributed by atoms with Gasteiger partial charge in [-0.2, -0.15) is 0 Å². The summed E-state index contributed by atoms with van der Waals surface area (Å²) in [6.07, 6.45) is 1.68. The zero-order chi connectivity index (χ0) is 19.9. The van der Waals surface area contributed by atoms with Gasteiger partial charge >= 0.3 is 0 Å². The van der Waals surface area contributed by atoms with E-state index in [1.807, 2.05) is 13.8 Å². The molecule has 146 valence electrons. The molecular formula is C20H20ClN3O3S. The van der Waals surface area contributed by atoms with Crippen molar-refractivity contribution in [2.75, 3.05) is 13.2 Å². The molecule has 0 spiro atoms. The Bertz CT molecular complexity index is 925. The number of ether oxygens (including phenoxy) is 1. The van der Waals surface area contributed by atoms with Gasteiger partial charge in [0.25, 0.3) is 5.91 Å². The number of nitrogens with one attached hydrogen (secondary N) is 1. The van der Waals surface area contributed by atoms with E-state index >= 15 is 0 Å². The van der Waals surface area contributed by atoms with Gasteiger partial charge in [0.1, 0.15) is 23.1 Å². The fraction of sp³-hybridized carbons (Fsp3) is 0.250. The smallest absolute Gasteiger partial charge is 0.254 e. The van der Waals surface area contributed by atoms with Crippen molar-refractivity contribution in [1.29, 1.82) is 0 Å². The summed E-state index contributed by atoms with van der Waals surface area (Å²) in [6.45, 7) is 4.52. The quantitative estimate of drug-likeness (QED) is 0.431. The summed E-state index contributed by atoms with van der Waals surface area (Å²) in [5.41, 5.74) is 2.41. The molecule has 0 aliphatic carbocycles. The van der Waals surface area contributed by atoms with Crippen LogP contribution in [0.3, 0.4) is 0 Å². The Morgan fingerprint density at radius 2 is 2.04 bits per heavy atom. The summed E-state index contributed by atoms with van der Waals surface area (Å²) < 4.78 is 10.8. The molecule has 0 unspecified atom stereocenters. The van der Waals surface area contributed by atoms with E-state index in [1.54, 1.807) is 42.6 Å². The van der Waals surface area contributed by atoms with Crippen LogP contribution in [0.2, 0.25) is 5.02 Å². The molecule has 6 nitrogen and oxygen atoms in total. The van der Waals surface area contributed by atoms with E-state index in [9.17, 15) is 4.79 Å². The van der Waals surface area contributed by atoms with E-state index in [4.69, 9.17) is 20.9 Å². The predicted octanol–water partition coefficient (Wildman–Crippen LogP) is 4.44. The third-order valence-electron chi connectivity index (χ3n) is 4.02. The molecule has 0 aliphatic rings. The second-order valence-corrected chi connectivity index (χ2v) is 7.41. The van der Waals surface area contributed by atoms with Crippen molar-refractivity contribution in [3.63, 3.8) is 0 Å². The van der Waals surface area contributed by atoms with Crippen molar-refractivity contribution < 1.29 is 14.1 Å². The normalized spacial score (nSPS) is 10.7. The average molecular weight is 418 g/mol. The number of hydrogen-bond donors (Lipinski definition) is 1. The first-order valence-corrected chi connectivity index (χ1v) is 10.1. The van der Waals surface area contributed by atoms with Crippen LogP contribution in [-0.4, -0.2) is 29.2 Å². The van der Waals surface area contributed by atoms with Gasteiger partial charge in [-0.25, -0.2) is 4.98 Å². The number of carbonyl (C=O) groups is 1. The second-order valence-electron chi connectivity index (χ2n) is 6.01. The third-order valence-corrected chi connectivity index (χ3v) is 5.30. The third kappa shape index (κ3) is 5.27. The summed E-state index contributed by atoms with van der Waals surface area (Å²) >= 11 is 7.33. The monoisotopic (exact) mass is 417 g/mol. The van der Waals surface area contributed by atoms with Gasteiger partial charge in [-0.3, -0.25) is 4.79 Å². The highest BCUT2D eigenvalue weighted by Crippen LogP contribution is 2.27. The first kappa shape index (κ1) is 20.2. The molecule has 0 saturated carbocycles. The molecule has 0 atom stereocenters. The molecule has 8 heteroatoms. The number of pyridine rings is 1. The van der Waals surface area contributed by atoms with Gasteiger partial charge in [-0.05, 0) is 50.2 Å². The van der Waals surface area contributed by atoms with Crippen LogP contribution >= 0.6 is 23.4 Å². The first-order chi connectivity index (χ1) is 13.5. The van der Waals surface area contributed by atoms with Gasteiger partial charge in [-0.15, -0.1) is 11.8 Å². The minimum atomic E-state index is -0.186. The molecule has 0 saturated heterocycles. The zero-order valence-corrected chi connectivity index (χ0v) is 17.1. The lowest BCUT2D eigenvalue weighted by atomic mass is 10.2. The van der Waals surface area contributed by atoms with E-state index in [0.717, 1.165) is 17.0 Å². The molecule has 0 fully saturated rings. The SMILES string of the molecule is Cc1noc(C)c1CSc1ncccc1C(=O)NCCOc1ccc(Cl)cc1. The standard InChI is InChI=1S/C20H20ClN3O3S/c1-13-18(14(2)27-24-13)12-28-20-17(4-3-9-23-20)19(25)22-10-11-26-16-7-5-15(21)6-8-16/h3-9H,10-12H2,1-2H3,(H,22,25). The molecule has 3 rings (SSSR count). The predicted molar refractivity (Wildman–Crippen MR) is 109 cm³/mol. The second kappa shape index (κ2) is 9.61. The van der Waals surface area contributed by atoms with Crippen molar-refractivity contribution in [1.82, 2.24) is 15.5 Å². The lowest BCUT2D eigenvalue weighted by molar-refractivity contribution is 0.0943. The summed E-state index contributed by atoms with van der Waals surface area (Å²) in [7, 11) is 0. The first-order valence-electron chi connectivity index (χ1n) is 8.70. The number of nitrogens with zero attached hydrogens (tertiary/aromatic N) is 2. The van der Waals surface area contributed by atoms with Crippen LogP contribution in [0.1, 0.15) is 27.4 Å². The molecule has 1 amide bonds. The Morgan fingerprint density at radius 1 is 1.25 bits per heavy atom. The van der Waals surface area contributed by atoms with Crippen molar-refractivity contribution in [2.24, 2.45) is 0 Å². The summed E-state index contributed by atoms with van der Waals surface area (Å²) in [4.78, 5) is 16.9. The highest BCUT2D eigenvalue weighted by atomic mass is 35.5. The highest BCUT2D eigenvalue weighted by Gasteiger charge is 2.15. The van der Waals surface area contributed by atoms with E-state index in [2.05, 4.69) is 15.5 Å². The van der Waals surface area contributed by atoms with Gasteiger partial charge in [-0.1, -0.05) is 16.8 Å². The molecule has 2 aromatic heterocycles. The van der Waals surface area contributed by atoms with Gasteiger partial charge in [0.05, 0.1) is 17.8 Å². The number of carbonyl (C=O) groups excluding carboxylic acids is 1. The van der Waals surface area contributed by atoms with Crippen LogP contribution in [-0.2, 0) is 5.75 Å².